The van der Waals surface area contributed by atoms with Crippen LogP contribution in [0.15, 0.2) is 54.6 Å². The van der Waals surface area contributed by atoms with Crippen molar-refractivity contribution in [3.63, 3.8) is 0 Å². The number of amides is 1. The second kappa shape index (κ2) is 7.43. The molecule has 0 fully saturated rings. The van der Waals surface area contributed by atoms with Crippen molar-refractivity contribution >= 4 is 57.4 Å². The maximum atomic E-state index is 12.6. The third-order valence-electron chi connectivity index (χ3n) is 4.21. The minimum Gasteiger partial charge on any atom is -0.322 e. The third-order valence-corrected chi connectivity index (χ3v) is 5.02. The molecule has 0 radical (unpaired) electrons. The molecule has 1 N–H and O–H groups in total. The molecular formula is C20H13Cl3N4O. The lowest BCUT2D eigenvalue weighted by molar-refractivity contribution is 0.102. The molecule has 3 aromatic carbocycles. The summed E-state index contributed by atoms with van der Waals surface area (Å²) in [7, 11) is 0. The second-order valence-electron chi connectivity index (χ2n) is 6.20. The van der Waals surface area contributed by atoms with Gasteiger partial charge in [0.25, 0.3) is 5.91 Å². The van der Waals surface area contributed by atoms with Crippen LogP contribution >= 0.6 is 34.8 Å². The van der Waals surface area contributed by atoms with Crippen LogP contribution in [0.3, 0.4) is 0 Å². The number of benzene rings is 3. The number of halogens is 3. The molecule has 0 atom stereocenters. The summed E-state index contributed by atoms with van der Waals surface area (Å²) in [6.45, 7) is 1.88. The Balaban J connectivity index is 1.68. The van der Waals surface area contributed by atoms with Crippen LogP contribution in [0, 0.1) is 6.92 Å². The summed E-state index contributed by atoms with van der Waals surface area (Å²) >= 11 is 18.0. The Morgan fingerprint density at radius 3 is 2.25 bits per heavy atom. The first-order valence-electron chi connectivity index (χ1n) is 8.31. The maximum absolute atomic E-state index is 12.6. The lowest BCUT2D eigenvalue weighted by Crippen LogP contribution is -2.13. The van der Waals surface area contributed by atoms with Crippen molar-refractivity contribution < 1.29 is 4.79 Å². The van der Waals surface area contributed by atoms with E-state index in [1.165, 1.54) is 10.9 Å². The van der Waals surface area contributed by atoms with Crippen molar-refractivity contribution in [2.75, 3.05) is 5.32 Å². The molecule has 1 aromatic heterocycles. The highest BCUT2D eigenvalue weighted by molar-refractivity contribution is 6.36. The van der Waals surface area contributed by atoms with Gasteiger partial charge in [-0.15, -0.1) is 10.2 Å². The number of nitrogens with one attached hydrogen (secondary N) is 1. The van der Waals surface area contributed by atoms with Crippen molar-refractivity contribution in [3.8, 4) is 5.69 Å². The fourth-order valence-corrected chi connectivity index (χ4v) is 3.26. The summed E-state index contributed by atoms with van der Waals surface area (Å²) in [6.07, 6.45) is 0. The quantitative estimate of drug-likeness (QED) is 0.436. The Labute approximate surface area is 175 Å². The van der Waals surface area contributed by atoms with E-state index in [4.69, 9.17) is 34.8 Å². The standard InChI is InChI=1S/C20H13Cl3N4O/c1-11-8-18-19(26-27(25-18)14-5-2-12(21)3-6-14)10-17(11)24-20(28)15-9-13(22)4-7-16(15)23/h2-10H,1H3,(H,24,28). The molecule has 4 aromatic rings. The average Bonchev–Trinajstić information content (AvgIpc) is 3.07. The van der Waals surface area contributed by atoms with E-state index in [-0.39, 0.29) is 5.91 Å². The Hall–Kier alpha value is -2.60. The van der Waals surface area contributed by atoms with E-state index in [0.717, 1.165) is 11.3 Å². The van der Waals surface area contributed by atoms with Gasteiger partial charge in [-0.25, -0.2) is 0 Å². The summed E-state index contributed by atoms with van der Waals surface area (Å²) in [5.74, 6) is -0.347. The van der Waals surface area contributed by atoms with Gasteiger partial charge in [0.2, 0.25) is 0 Å². The van der Waals surface area contributed by atoms with Gasteiger partial charge in [0.05, 0.1) is 16.3 Å². The van der Waals surface area contributed by atoms with Crippen LogP contribution in [0.4, 0.5) is 5.69 Å². The highest BCUT2D eigenvalue weighted by Gasteiger charge is 2.14. The molecule has 0 unspecified atom stereocenters. The lowest BCUT2D eigenvalue weighted by atomic mass is 10.1. The number of carbonyl (C=O) groups is 1. The molecule has 5 nitrogen and oxygen atoms in total. The summed E-state index contributed by atoms with van der Waals surface area (Å²) in [5.41, 5.74) is 3.92. The van der Waals surface area contributed by atoms with Crippen LogP contribution in [0.5, 0.6) is 0 Å². The molecule has 8 heteroatoms. The van der Waals surface area contributed by atoms with E-state index >= 15 is 0 Å². The van der Waals surface area contributed by atoms with Crippen LogP contribution in [-0.4, -0.2) is 20.9 Å². The Bertz CT molecular complexity index is 1200. The number of aryl methyl sites for hydroxylation is 1. The average molecular weight is 432 g/mol. The number of nitrogens with zero attached hydrogens (tertiary/aromatic N) is 3. The smallest absolute Gasteiger partial charge is 0.257 e. The zero-order valence-electron chi connectivity index (χ0n) is 14.6. The molecule has 0 spiro atoms. The molecule has 0 saturated carbocycles. The minimum atomic E-state index is -0.347. The minimum absolute atomic E-state index is 0.304. The predicted molar refractivity (Wildman–Crippen MR) is 113 cm³/mol. The van der Waals surface area contributed by atoms with E-state index in [0.29, 0.717) is 37.4 Å². The van der Waals surface area contributed by atoms with Crippen LogP contribution in [-0.2, 0) is 0 Å². The van der Waals surface area contributed by atoms with E-state index in [1.54, 1.807) is 30.3 Å². The van der Waals surface area contributed by atoms with E-state index < -0.39 is 0 Å². The van der Waals surface area contributed by atoms with Crippen molar-refractivity contribution in [3.05, 3.63) is 80.8 Å². The SMILES string of the molecule is Cc1cc2nn(-c3ccc(Cl)cc3)nc2cc1NC(=O)c1cc(Cl)ccc1Cl. The van der Waals surface area contributed by atoms with Gasteiger partial charge in [-0.05, 0) is 67.1 Å². The fraction of sp³-hybridized carbons (Fsp3) is 0.0500. The first kappa shape index (κ1) is 18.7. The molecule has 140 valence electrons. The van der Waals surface area contributed by atoms with Crippen LogP contribution < -0.4 is 5.32 Å². The van der Waals surface area contributed by atoms with Crippen molar-refractivity contribution in [2.24, 2.45) is 0 Å². The van der Waals surface area contributed by atoms with Crippen LogP contribution in [0.25, 0.3) is 16.7 Å². The fourth-order valence-electron chi connectivity index (χ4n) is 2.75. The number of aromatic nitrogens is 3. The Kier molecular flexibility index (Phi) is 4.98. The summed E-state index contributed by atoms with van der Waals surface area (Å²) in [6, 6.07) is 15.6. The highest BCUT2D eigenvalue weighted by Crippen LogP contribution is 2.25. The van der Waals surface area contributed by atoms with Crippen LogP contribution in [0.1, 0.15) is 15.9 Å². The summed E-state index contributed by atoms with van der Waals surface area (Å²) in [4.78, 5) is 14.2. The second-order valence-corrected chi connectivity index (χ2v) is 7.48. The van der Waals surface area contributed by atoms with Gasteiger partial charge in [-0.3, -0.25) is 4.79 Å². The number of carbonyl (C=O) groups excluding carboxylic acids is 1. The number of fused-ring (bicyclic) bond motifs is 1. The van der Waals surface area contributed by atoms with Crippen molar-refractivity contribution in [1.29, 1.82) is 0 Å². The number of anilines is 1. The van der Waals surface area contributed by atoms with Crippen molar-refractivity contribution in [1.82, 2.24) is 15.0 Å². The van der Waals surface area contributed by atoms with Gasteiger partial charge in [-0.2, -0.15) is 4.80 Å². The largest absolute Gasteiger partial charge is 0.322 e. The van der Waals surface area contributed by atoms with Crippen LogP contribution in [0.2, 0.25) is 15.1 Å². The highest BCUT2D eigenvalue weighted by atomic mass is 35.5. The molecule has 0 saturated heterocycles. The topological polar surface area (TPSA) is 59.8 Å². The van der Waals surface area contributed by atoms with Gasteiger partial charge in [-0.1, -0.05) is 34.8 Å². The molecule has 0 aliphatic heterocycles. The maximum Gasteiger partial charge on any atom is 0.257 e. The van der Waals surface area contributed by atoms with Gasteiger partial charge in [0, 0.05) is 15.7 Å². The number of rotatable bonds is 3. The number of hydrogen-bond acceptors (Lipinski definition) is 3. The van der Waals surface area contributed by atoms with Gasteiger partial charge in [0.1, 0.15) is 11.0 Å². The molecule has 1 amide bonds. The summed E-state index contributed by atoms with van der Waals surface area (Å²) < 4.78 is 0. The molecule has 0 aliphatic rings. The zero-order chi connectivity index (χ0) is 19.8. The normalized spacial score (nSPS) is 11.0. The first-order valence-corrected chi connectivity index (χ1v) is 9.44. The molecule has 28 heavy (non-hydrogen) atoms. The van der Waals surface area contributed by atoms with E-state index in [1.807, 2.05) is 25.1 Å². The molecule has 0 bridgehead atoms. The lowest BCUT2D eigenvalue weighted by Gasteiger charge is -2.09. The third kappa shape index (κ3) is 3.69. The van der Waals surface area contributed by atoms with Gasteiger partial charge >= 0.3 is 0 Å². The van der Waals surface area contributed by atoms with Crippen molar-refractivity contribution in [2.45, 2.75) is 6.92 Å². The predicted octanol–water partition coefficient (Wildman–Crippen LogP) is 5.94. The monoisotopic (exact) mass is 430 g/mol. The molecular weight excluding hydrogens is 419 g/mol. The van der Waals surface area contributed by atoms with Gasteiger partial charge in [0.15, 0.2) is 0 Å². The first-order chi connectivity index (χ1) is 13.4. The summed E-state index contributed by atoms with van der Waals surface area (Å²) in [5, 5.41) is 13.3. The van der Waals surface area contributed by atoms with E-state index in [9.17, 15) is 4.79 Å². The number of hydrogen-bond donors (Lipinski definition) is 1. The Morgan fingerprint density at radius 1 is 0.893 bits per heavy atom. The Morgan fingerprint density at radius 2 is 1.54 bits per heavy atom. The molecule has 4 rings (SSSR count). The molecule has 0 aliphatic carbocycles. The zero-order valence-corrected chi connectivity index (χ0v) is 16.8. The molecule has 1 heterocycles. The van der Waals surface area contributed by atoms with Gasteiger partial charge < -0.3 is 5.32 Å². The van der Waals surface area contributed by atoms with E-state index in [2.05, 4.69) is 15.5 Å².